The van der Waals surface area contributed by atoms with Gasteiger partial charge in [0.1, 0.15) is 10.6 Å². The Morgan fingerprint density at radius 2 is 1.54 bits per heavy atom. The molecule has 0 bridgehead atoms. The van der Waals surface area contributed by atoms with Crippen molar-refractivity contribution >= 4 is 62.1 Å². The summed E-state index contributed by atoms with van der Waals surface area (Å²) in [5.74, 6) is -0.197. The van der Waals surface area contributed by atoms with Crippen LogP contribution in [0, 0.1) is 0 Å². The molecule has 35 heavy (non-hydrogen) atoms. The van der Waals surface area contributed by atoms with E-state index < -0.39 is 10.0 Å². The number of nitrogens with zero attached hydrogens (tertiary/aromatic N) is 2. The Balaban J connectivity index is 0.00000342. The minimum Gasteiger partial charge on any atom is -1.00 e. The fourth-order valence-corrected chi connectivity index (χ4v) is 5.76. The molecule has 0 aromatic heterocycles. The smallest absolute Gasteiger partial charge is 0.263 e. The lowest BCUT2D eigenvalue weighted by Gasteiger charge is -2.36. The number of halogens is 4. The highest BCUT2D eigenvalue weighted by Gasteiger charge is 2.27. The van der Waals surface area contributed by atoms with E-state index in [0.29, 0.717) is 31.2 Å². The van der Waals surface area contributed by atoms with E-state index in [4.69, 9.17) is 34.8 Å². The van der Waals surface area contributed by atoms with E-state index in [2.05, 4.69) is 9.62 Å². The van der Waals surface area contributed by atoms with Gasteiger partial charge in [-0.3, -0.25) is 9.52 Å². The van der Waals surface area contributed by atoms with Crippen LogP contribution in [0.15, 0.2) is 65.6 Å². The first-order valence-corrected chi connectivity index (χ1v) is 12.9. The SMILES string of the molecule is O=C(c1cc(S(=O)(=O)Nc2cccc(Cl)c2)c(Cl)cc1Cl)N1CCN(c2ccc(O)cc2)CC1.[Cl-]. The Bertz CT molecular complexity index is 1330. The van der Waals surface area contributed by atoms with Crippen LogP contribution < -0.4 is 22.0 Å². The fraction of sp³-hybridized carbons (Fsp3) is 0.174. The predicted molar refractivity (Wildman–Crippen MR) is 135 cm³/mol. The van der Waals surface area contributed by atoms with Gasteiger partial charge in [0, 0.05) is 36.9 Å². The van der Waals surface area contributed by atoms with Crippen molar-refractivity contribution < 1.29 is 30.7 Å². The summed E-state index contributed by atoms with van der Waals surface area (Å²) in [5.41, 5.74) is 1.25. The Morgan fingerprint density at radius 1 is 0.886 bits per heavy atom. The minimum absolute atomic E-state index is 0. The second kappa shape index (κ2) is 11.1. The summed E-state index contributed by atoms with van der Waals surface area (Å²) in [4.78, 5) is 16.7. The molecule has 1 saturated heterocycles. The number of phenols is 1. The third-order valence-electron chi connectivity index (χ3n) is 5.40. The number of hydrogen-bond acceptors (Lipinski definition) is 5. The Labute approximate surface area is 224 Å². The average molecular weight is 576 g/mol. The van der Waals surface area contributed by atoms with Crippen molar-refractivity contribution in [1.29, 1.82) is 0 Å². The second-order valence-electron chi connectivity index (χ2n) is 7.67. The van der Waals surface area contributed by atoms with Gasteiger partial charge in [0.25, 0.3) is 15.9 Å². The molecule has 0 aliphatic carbocycles. The number of phenolic OH excluding ortho intramolecular Hbond substituents is 1. The summed E-state index contributed by atoms with van der Waals surface area (Å²) in [6.45, 7) is 1.98. The summed E-state index contributed by atoms with van der Waals surface area (Å²) < 4.78 is 28.4. The monoisotopic (exact) mass is 574 g/mol. The fourth-order valence-electron chi connectivity index (χ4n) is 3.66. The lowest BCUT2D eigenvalue weighted by Crippen LogP contribution is -3.00. The van der Waals surface area contributed by atoms with E-state index >= 15 is 0 Å². The lowest BCUT2D eigenvalue weighted by atomic mass is 10.1. The predicted octanol–water partition coefficient (Wildman–Crippen LogP) is 2.12. The Hall–Kier alpha value is -2.36. The van der Waals surface area contributed by atoms with Gasteiger partial charge in [-0.05, 0) is 54.6 Å². The zero-order chi connectivity index (χ0) is 24.5. The quantitative estimate of drug-likeness (QED) is 0.486. The standard InChI is InChI=1S/C23H20Cl3N3O4S.ClH/c24-15-2-1-3-16(12-15)27-34(32,33)22-13-19(20(25)14-21(22)26)23(31)29-10-8-28(9-11-29)17-4-6-18(30)7-5-17;/h1-7,12-14,27,30H,8-11H2;1H/p-1. The van der Waals surface area contributed by atoms with Crippen LogP contribution in [0.2, 0.25) is 15.1 Å². The second-order valence-corrected chi connectivity index (χ2v) is 10.6. The molecule has 3 aromatic carbocycles. The van der Waals surface area contributed by atoms with Gasteiger partial charge in [-0.25, -0.2) is 8.42 Å². The number of carbonyl (C=O) groups excluding carboxylic acids is 1. The summed E-state index contributed by atoms with van der Waals surface area (Å²) in [5, 5.41) is 9.80. The Morgan fingerprint density at radius 3 is 2.17 bits per heavy atom. The third kappa shape index (κ3) is 6.26. The van der Waals surface area contributed by atoms with Crippen LogP contribution in [-0.4, -0.2) is 50.5 Å². The number of benzene rings is 3. The van der Waals surface area contributed by atoms with Crippen LogP contribution in [0.5, 0.6) is 5.75 Å². The van der Waals surface area contributed by atoms with Gasteiger partial charge in [0.15, 0.2) is 0 Å². The van der Waals surface area contributed by atoms with E-state index in [1.54, 1.807) is 35.2 Å². The molecular weight excluding hydrogens is 556 g/mol. The number of hydrogen-bond donors (Lipinski definition) is 2. The van der Waals surface area contributed by atoms with Crippen molar-refractivity contribution in [3.8, 4) is 5.75 Å². The van der Waals surface area contributed by atoms with Gasteiger partial charge < -0.3 is 27.3 Å². The zero-order valence-corrected chi connectivity index (χ0v) is 21.9. The zero-order valence-electron chi connectivity index (χ0n) is 18.1. The molecule has 186 valence electrons. The molecule has 0 radical (unpaired) electrons. The number of sulfonamides is 1. The van der Waals surface area contributed by atoms with Crippen LogP contribution in [-0.2, 0) is 10.0 Å². The molecule has 4 rings (SSSR count). The summed E-state index contributed by atoms with van der Waals surface area (Å²) in [7, 11) is -4.11. The summed E-state index contributed by atoms with van der Waals surface area (Å²) in [6.07, 6.45) is 0. The molecule has 3 aromatic rings. The highest BCUT2D eigenvalue weighted by molar-refractivity contribution is 7.92. The van der Waals surface area contributed by atoms with E-state index in [-0.39, 0.29) is 50.3 Å². The molecule has 1 aliphatic rings. The van der Waals surface area contributed by atoms with Gasteiger partial charge in [-0.2, -0.15) is 0 Å². The van der Waals surface area contributed by atoms with E-state index in [1.165, 1.54) is 18.2 Å². The summed E-state index contributed by atoms with van der Waals surface area (Å²) >= 11 is 18.4. The van der Waals surface area contributed by atoms with Crippen LogP contribution in [0.4, 0.5) is 11.4 Å². The molecule has 0 saturated carbocycles. The number of carbonyl (C=O) groups is 1. The van der Waals surface area contributed by atoms with Crippen LogP contribution >= 0.6 is 34.8 Å². The number of piperazine rings is 1. The van der Waals surface area contributed by atoms with Crippen LogP contribution in [0.25, 0.3) is 0 Å². The van der Waals surface area contributed by atoms with Gasteiger partial charge in [-0.1, -0.05) is 40.9 Å². The molecule has 0 spiro atoms. The average Bonchev–Trinajstić information content (AvgIpc) is 2.79. The molecule has 1 amide bonds. The van der Waals surface area contributed by atoms with Crippen LogP contribution in [0.3, 0.4) is 0 Å². The third-order valence-corrected chi connectivity index (χ3v) is 7.79. The van der Waals surface area contributed by atoms with Crippen LogP contribution in [0.1, 0.15) is 10.4 Å². The largest absolute Gasteiger partial charge is 1.00 e. The first-order chi connectivity index (χ1) is 16.1. The highest BCUT2D eigenvalue weighted by Crippen LogP contribution is 2.31. The maximum atomic E-state index is 13.2. The number of amides is 1. The molecule has 1 aliphatic heterocycles. The first-order valence-electron chi connectivity index (χ1n) is 10.2. The molecular formula is C23H20Cl4N3O4S-. The molecule has 1 heterocycles. The van der Waals surface area contributed by atoms with E-state index in [9.17, 15) is 18.3 Å². The van der Waals surface area contributed by atoms with Crippen molar-refractivity contribution in [2.24, 2.45) is 0 Å². The normalized spacial score (nSPS) is 13.8. The van der Waals surface area contributed by atoms with E-state index in [0.717, 1.165) is 5.69 Å². The van der Waals surface area contributed by atoms with Crippen molar-refractivity contribution in [2.45, 2.75) is 4.90 Å². The van der Waals surface area contributed by atoms with Gasteiger partial charge in [-0.15, -0.1) is 0 Å². The number of anilines is 2. The first kappa shape index (κ1) is 27.2. The maximum absolute atomic E-state index is 13.2. The highest BCUT2D eigenvalue weighted by atomic mass is 35.5. The number of rotatable bonds is 5. The van der Waals surface area contributed by atoms with Crippen molar-refractivity contribution in [1.82, 2.24) is 4.90 Å². The Kier molecular flexibility index (Phi) is 8.67. The molecule has 1 fully saturated rings. The molecule has 12 heteroatoms. The number of aromatic hydroxyl groups is 1. The van der Waals surface area contributed by atoms with Gasteiger partial charge in [0.2, 0.25) is 0 Å². The maximum Gasteiger partial charge on any atom is 0.263 e. The van der Waals surface area contributed by atoms with Gasteiger partial charge in [0.05, 0.1) is 21.3 Å². The summed E-state index contributed by atoms with van der Waals surface area (Å²) in [6, 6.07) is 15.5. The van der Waals surface area contributed by atoms with E-state index in [1.807, 2.05) is 12.1 Å². The number of nitrogens with one attached hydrogen (secondary N) is 1. The molecule has 0 unspecified atom stereocenters. The van der Waals surface area contributed by atoms with Crippen molar-refractivity contribution in [3.63, 3.8) is 0 Å². The molecule has 0 atom stereocenters. The topological polar surface area (TPSA) is 90.0 Å². The minimum atomic E-state index is -4.11. The lowest BCUT2D eigenvalue weighted by molar-refractivity contribution is -0.0000198. The van der Waals surface area contributed by atoms with Crippen molar-refractivity contribution in [2.75, 3.05) is 35.8 Å². The molecule has 7 nitrogen and oxygen atoms in total. The molecule has 2 N–H and O–H groups in total. The van der Waals surface area contributed by atoms with Crippen molar-refractivity contribution in [3.05, 3.63) is 81.3 Å². The van der Waals surface area contributed by atoms with Gasteiger partial charge >= 0.3 is 0 Å².